The van der Waals surface area contributed by atoms with Crippen molar-refractivity contribution in [2.45, 2.75) is 0 Å². The van der Waals surface area contributed by atoms with Gasteiger partial charge in [0.2, 0.25) is 0 Å². The van der Waals surface area contributed by atoms with Gasteiger partial charge in [0.15, 0.2) is 0 Å². The second kappa shape index (κ2) is 45.2. The van der Waals surface area contributed by atoms with E-state index in [0.717, 1.165) is 0 Å². The molecule has 0 saturated heterocycles. The van der Waals surface area contributed by atoms with Crippen molar-refractivity contribution in [3.63, 3.8) is 0 Å². The molecule has 0 spiro atoms. The van der Waals surface area contributed by atoms with Gasteiger partial charge in [-0.25, -0.2) is 0 Å². The van der Waals surface area contributed by atoms with Gasteiger partial charge in [-0.3, -0.25) is 0 Å². The van der Waals surface area contributed by atoms with E-state index in [1.54, 1.807) is 0 Å². The van der Waals surface area contributed by atoms with E-state index in [2.05, 4.69) is 0 Å². The first-order chi connectivity index (χ1) is 8.66. The minimum absolute atomic E-state index is 0. The summed E-state index contributed by atoms with van der Waals surface area (Å²) in [6.07, 6.45) is 0. The molecule has 0 aliphatic carbocycles. The summed E-state index contributed by atoms with van der Waals surface area (Å²) in [5, 5.41) is 0. The Morgan fingerprint density at radius 1 is 0.391 bits per heavy atom. The normalized spacial score (nSPS) is 5.43. The predicted octanol–water partition coefficient (Wildman–Crippen LogP) is -10.9. The third-order valence-electron chi connectivity index (χ3n) is 0. The summed E-state index contributed by atoms with van der Waals surface area (Å²) in [5.74, 6) is 0. The summed E-state index contributed by atoms with van der Waals surface area (Å²) in [7, 11) is 0. The molecule has 15 nitrogen and oxygen atoms in total. The Morgan fingerprint density at radius 3 is 0.391 bits per heavy atom. The van der Waals surface area contributed by atoms with Crippen LogP contribution < -0.4 is 36.9 Å². The molecule has 0 fully saturated rings. The first-order valence-electron chi connectivity index (χ1n) is 2.74. The van der Waals surface area contributed by atoms with Crippen LogP contribution in [0.15, 0.2) is 0 Å². The van der Waals surface area contributed by atoms with Crippen molar-refractivity contribution in [2.24, 2.45) is 0 Å². The third-order valence-corrected chi connectivity index (χ3v) is 0. The standard InChI is InChI=1S/Li.Mg.5Nb.15O.Sr/q+1;+2;;;;;;;;;;;;;;;;5*-1;+2. The molecule has 0 aromatic rings. The molecule has 0 unspecified atom stereocenters. The SMILES string of the molecule is [Li+].[Mg+2].[O]=[Nb](=[O])[O-].[O]=[Nb](=[O])[O-].[O]=[Nb](=[O])[O-].[O]=[Nb](=[O])[O-].[O]=[Nb](=[O])[O-].[Sr+2]. The molecule has 0 N–H and O–H groups in total. The van der Waals surface area contributed by atoms with Gasteiger partial charge >= 0.3 is 232 Å². The Hall–Kier alpha value is 4.35. The molecule has 0 saturated carbocycles. The molecule has 23 heavy (non-hydrogen) atoms. The van der Waals surface area contributed by atoms with Crippen LogP contribution in [0.2, 0.25) is 0 Å². The van der Waals surface area contributed by atoms with Gasteiger partial charge in [0.1, 0.15) is 0 Å². The second-order valence-corrected chi connectivity index (χ2v) is 6.61. The number of rotatable bonds is 0. The Balaban J connectivity index is -0.0000000197. The van der Waals surface area contributed by atoms with Crippen LogP contribution in [-0.2, 0) is 126 Å². The molecular formula is LiMgNb5O15Sr. The molecule has 0 atom stereocenters. The van der Waals surface area contributed by atoms with E-state index in [0.29, 0.717) is 0 Å². The van der Waals surface area contributed by atoms with E-state index in [-0.39, 0.29) is 87.4 Å². The van der Waals surface area contributed by atoms with Crippen LogP contribution >= 0.6 is 0 Å². The Morgan fingerprint density at radius 2 is 0.391 bits per heavy atom. The average molecular weight is 823 g/mol. The molecule has 0 rings (SSSR count). The summed E-state index contributed by atoms with van der Waals surface area (Å²) in [6, 6.07) is 0. The Kier molecular flexibility index (Phi) is 99.7. The van der Waals surface area contributed by atoms with Crippen molar-refractivity contribution in [3.8, 4) is 0 Å². The van der Waals surface area contributed by atoms with Gasteiger partial charge in [-0.05, 0) is 0 Å². The van der Waals surface area contributed by atoms with Crippen LogP contribution in [-0.4, -0.2) is 68.5 Å². The van der Waals surface area contributed by atoms with Crippen molar-refractivity contribution in [2.75, 3.05) is 0 Å². The molecule has 0 bridgehead atoms. The summed E-state index contributed by atoms with van der Waals surface area (Å²) in [5.41, 5.74) is 0. The van der Waals surface area contributed by atoms with E-state index in [4.69, 9.17) is 50.6 Å². The molecule has 120 valence electrons. The molecular weight excluding hydrogens is 823 g/mol. The fourth-order valence-electron chi connectivity index (χ4n) is 0. The van der Waals surface area contributed by atoms with E-state index in [1.807, 2.05) is 0 Å². The number of hydrogen-bond acceptors (Lipinski definition) is 15. The topological polar surface area (TPSA) is 286 Å². The maximum Gasteiger partial charge on any atom is 2.00 e. The van der Waals surface area contributed by atoms with E-state index in [1.165, 1.54) is 0 Å². The summed E-state index contributed by atoms with van der Waals surface area (Å²) in [6.45, 7) is 0. The molecule has 0 amide bonds. The van der Waals surface area contributed by atoms with Crippen molar-refractivity contribution in [3.05, 3.63) is 0 Å². The van der Waals surface area contributed by atoms with Crippen molar-refractivity contribution in [1.82, 2.24) is 0 Å². The van der Waals surface area contributed by atoms with Crippen molar-refractivity contribution < 1.29 is 163 Å². The van der Waals surface area contributed by atoms with Gasteiger partial charge in [-0.15, -0.1) is 0 Å². The first kappa shape index (κ1) is 50.7. The van der Waals surface area contributed by atoms with Gasteiger partial charge in [-0.1, -0.05) is 0 Å². The summed E-state index contributed by atoms with van der Waals surface area (Å²) < 4.78 is 129. The van der Waals surface area contributed by atoms with Crippen LogP contribution in [0.3, 0.4) is 0 Å². The minimum Gasteiger partial charge on any atom is 2.00 e. The largest absolute Gasteiger partial charge is 2.00 e. The van der Waals surface area contributed by atoms with Crippen LogP contribution in [0, 0.1) is 0 Å². The fraction of sp³-hybridized carbons (Fsp3) is 0. The van der Waals surface area contributed by atoms with Crippen LogP contribution in [0.25, 0.3) is 0 Å². The smallest absolute Gasteiger partial charge is 2.00 e. The Labute approximate surface area is 226 Å². The van der Waals surface area contributed by atoms with Gasteiger partial charge in [-0.2, -0.15) is 0 Å². The molecule has 0 aromatic carbocycles. The molecule has 0 radical (unpaired) electrons. The molecule has 0 aliphatic rings. The van der Waals surface area contributed by atoms with E-state index < -0.39 is 93.9 Å². The quantitative estimate of drug-likeness (QED) is 0.205. The first-order valence-corrected chi connectivity index (χ1v) is 16.2. The average Bonchev–Trinajstić information content (AvgIpc) is 1.94. The number of hydrogen-bond donors (Lipinski definition) is 0. The van der Waals surface area contributed by atoms with Crippen LogP contribution in [0.4, 0.5) is 0 Å². The van der Waals surface area contributed by atoms with Crippen molar-refractivity contribution in [1.29, 1.82) is 0 Å². The zero-order chi connectivity index (χ0) is 17.9. The van der Waals surface area contributed by atoms with Crippen LogP contribution in [0.5, 0.6) is 0 Å². The molecule has 0 heterocycles. The van der Waals surface area contributed by atoms with Gasteiger partial charge < -0.3 is 0 Å². The molecule has 23 heteroatoms. The van der Waals surface area contributed by atoms with Crippen LogP contribution in [0.1, 0.15) is 0 Å². The maximum atomic E-state index is 8.60. The zero-order valence-electron chi connectivity index (χ0n) is 10.8. The molecule has 0 aliphatic heterocycles. The van der Waals surface area contributed by atoms with E-state index in [9.17, 15) is 0 Å². The van der Waals surface area contributed by atoms with Crippen molar-refractivity contribution >= 4 is 68.5 Å². The monoisotopic (exact) mass is 823 g/mol. The van der Waals surface area contributed by atoms with E-state index >= 15 is 0 Å². The zero-order valence-corrected chi connectivity index (χ0v) is 26.7. The summed E-state index contributed by atoms with van der Waals surface area (Å²) in [4.78, 5) is 0. The van der Waals surface area contributed by atoms with Gasteiger partial charge in [0, 0.05) is 0 Å². The third kappa shape index (κ3) is 827. The second-order valence-electron chi connectivity index (χ2n) is 1.12. The summed E-state index contributed by atoms with van der Waals surface area (Å²) >= 11 is -21.0. The maximum absolute atomic E-state index is 8.60. The fourth-order valence-corrected chi connectivity index (χ4v) is 0. The Bertz CT molecular complexity index is 392. The minimum atomic E-state index is -4.20. The van der Waals surface area contributed by atoms with Gasteiger partial charge in [0.05, 0.1) is 0 Å². The molecule has 0 aromatic heterocycles. The predicted molar refractivity (Wildman–Crippen MR) is 18.4 cm³/mol. The van der Waals surface area contributed by atoms with Gasteiger partial charge in [0.25, 0.3) is 0 Å².